The maximum atomic E-state index is 9.53. The van der Waals surface area contributed by atoms with Gasteiger partial charge in [0.05, 0.1) is 19.8 Å². The number of nitrogens with one attached hydrogen (secondary N) is 1. The Morgan fingerprint density at radius 3 is 2.77 bits per heavy atom. The van der Waals surface area contributed by atoms with Crippen molar-refractivity contribution in [1.29, 1.82) is 0 Å². The summed E-state index contributed by atoms with van der Waals surface area (Å²) >= 11 is 0. The number of ether oxygens (including phenoxy) is 1. The minimum atomic E-state index is -0.763. The average Bonchev–Trinajstić information content (AvgIpc) is 2.18. The summed E-state index contributed by atoms with van der Waals surface area (Å²) in [5.74, 6) is 0.616. The van der Waals surface area contributed by atoms with Crippen LogP contribution in [0.2, 0.25) is 0 Å². The van der Waals surface area contributed by atoms with Crippen molar-refractivity contribution in [2.24, 2.45) is 0 Å². The van der Waals surface area contributed by atoms with Crippen LogP contribution >= 0.6 is 0 Å². The molecule has 0 radical (unpaired) electrons. The van der Waals surface area contributed by atoms with Gasteiger partial charge in [0.1, 0.15) is 5.75 Å². The molecular weight excluding hydrogens is 170 g/mol. The first-order valence-corrected chi connectivity index (χ1v) is 3.97. The Balaban J connectivity index is 2.85. The zero-order valence-corrected chi connectivity index (χ0v) is 7.40. The second-order valence-electron chi connectivity index (χ2n) is 2.62. The second kappa shape index (κ2) is 4.81. The molecule has 0 aliphatic rings. The Hall–Kier alpha value is -1.10. The summed E-state index contributed by atoms with van der Waals surface area (Å²) < 4.78 is 5.04. The van der Waals surface area contributed by atoms with Gasteiger partial charge in [-0.3, -0.25) is 0 Å². The number of hydrogen-bond acceptors (Lipinski definition) is 4. The number of hydrogen-bond donors (Lipinski definition) is 3. The number of para-hydroxylation sites is 1. The van der Waals surface area contributed by atoms with E-state index >= 15 is 0 Å². The molecule has 0 saturated heterocycles. The second-order valence-corrected chi connectivity index (χ2v) is 2.62. The molecule has 3 N–H and O–H groups in total. The highest BCUT2D eigenvalue weighted by atomic mass is 16.5. The number of rotatable bonds is 4. The molecule has 72 valence electrons. The molecule has 1 rings (SSSR count). The van der Waals surface area contributed by atoms with Crippen LogP contribution < -0.4 is 10.2 Å². The highest BCUT2D eigenvalue weighted by molar-refractivity contribution is 5.35. The summed E-state index contributed by atoms with van der Waals surface area (Å²) in [6, 6.07) is 7.14. The van der Waals surface area contributed by atoms with Gasteiger partial charge < -0.3 is 15.1 Å². The number of hydroxylamine groups is 1. The molecule has 1 aromatic carbocycles. The number of benzene rings is 1. The molecule has 4 nitrogen and oxygen atoms in total. The largest absolute Gasteiger partial charge is 0.496 e. The molecule has 1 atom stereocenters. The fourth-order valence-electron chi connectivity index (χ4n) is 1.14. The topological polar surface area (TPSA) is 61.7 Å². The molecular formula is C9H13NO3. The highest BCUT2D eigenvalue weighted by Gasteiger charge is 2.11. The van der Waals surface area contributed by atoms with Crippen LogP contribution in [0, 0.1) is 0 Å². The maximum Gasteiger partial charge on any atom is 0.124 e. The van der Waals surface area contributed by atoms with Crippen LogP contribution in [0.3, 0.4) is 0 Å². The molecule has 0 aromatic heterocycles. The first-order valence-electron chi connectivity index (χ1n) is 3.97. The van der Waals surface area contributed by atoms with Gasteiger partial charge in [-0.25, -0.2) is 5.48 Å². The minimum absolute atomic E-state index is 0.0837. The molecule has 0 aliphatic carbocycles. The molecule has 0 aliphatic heterocycles. The first kappa shape index (κ1) is 9.98. The van der Waals surface area contributed by atoms with E-state index in [1.807, 2.05) is 11.5 Å². The van der Waals surface area contributed by atoms with Gasteiger partial charge in [0.25, 0.3) is 0 Å². The predicted molar refractivity (Wildman–Crippen MR) is 47.7 cm³/mol. The number of aliphatic hydroxyl groups excluding tert-OH is 1. The summed E-state index contributed by atoms with van der Waals surface area (Å²) in [7, 11) is 1.54. The molecule has 13 heavy (non-hydrogen) atoms. The molecule has 0 amide bonds. The fourth-order valence-corrected chi connectivity index (χ4v) is 1.14. The van der Waals surface area contributed by atoms with Crippen molar-refractivity contribution in [2.45, 2.75) is 6.10 Å². The Morgan fingerprint density at radius 1 is 1.46 bits per heavy atom. The van der Waals surface area contributed by atoms with Crippen molar-refractivity contribution in [2.75, 3.05) is 13.7 Å². The van der Waals surface area contributed by atoms with Gasteiger partial charge in [-0.15, -0.1) is 0 Å². The van der Waals surface area contributed by atoms with Gasteiger partial charge in [-0.05, 0) is 6.07 Å². The molecule has 0 fully saturated rings. The molecule has 0 bridgehead atoms. The lowest BCUT2D eigenvalue weighted by molar-refractivity contribution is 0.0907. The zero-order chi connectivity index (χ0) is 9.68. The van der Waals surface area contributed by atoms with Gasteiger partial charge in [0.2, 0.25) is 0 Å². The van der Waals surface area contributed by atoms with E-state index in [0.29, 0.717) is 11.3 Å². The van der Waals surface area contributed by atoms with Gasteiger partial charge in [0.15, 0.2) is 0 Å². The van der Waals surface area contributed by atoms with Gasteiger partial charge in [-0.1, -0.05) is 18.2 Å². The summed E-state index contributed by atoms with van der Waals surface area (Å²) in [6.07, 6.45) is -0.763. The van der Waals surface area contributed by atoms with Crippen LogP contribution in [-0.4, -0.2) is 24.0 Å². The van der Waals surface area contributed by atoms with Crippen molar-refractivity contribution in [3.63, 3.8) is 0 Å². The van der Waals surface area contributed by atoms with Crippen LogP contribution in [-0.2, 0) is 0 Å². The summed E-state index contributed by atoms with van der Waals surface area (Å²) in [5, 5.41) is 17.9. The van der Waals surface area contributed by atoms with Crippen molar-refractivity contribution in [3.8, 4) is 5.75 Å². The van der Waals surface area contributed by atoms with Crippen molar-refractivity contribution in [1.82, 2.24) is 5.48 Å². The summed E-state index contributed by atoms with van der Waals surface area (Å²) in [6.45, 7) is 0.0837. The SMILES string of the molecule is COc1ccccc1C(O)CNO. The third-order valence-electron chi connectivity index (χ3n) is 1.78. The van der Waals surface area contributed by atoms with E-state index in [0.717, 1.165) is 0 Å². The van der Waals surface area contributed by atoms with Gasteiger partial charge in [-0.2, -0.15) is 0 Å². The third-order valence-corrected chi connectivity index (χ3v) is 1.78. The van der Waals surface area contributed by atoms with Crippen LogP contribution in [0.1, 0.15) is 11.7 Å². The summed E-state index contributed by atoms with van der Waals surface area (Å²) in [5.41, 5.74) is 2.57. The summed E-state index contributed by atoms with van der Waals surface area (Å²) in [4.78, 5) is 0. The lowest BCUT2D eigenvalue weighted by Crippen LogP contribution is -2.17. The minimum Gasteiger partial charge on any atom is -0.496 e. The van der Waals surface area contributed by atoms with E-state index in [4.69, 9.17) is 9.94 Å². The lowest BCUT2D eigenvalue weighted by atomic mass is 10.1. The highest BCUT2D eigenvalue weighted by Crippen LogP contribution is 2.23. The Labute approximate surface area is 76.7 Å². The third kappa shape index (κ3) is 2.42. The maximum absolute atomic E-state index is 9.53. The van der Waals surface area contributed by atoms with E-state index in [1.165, 1.54) is 7.11 Å². The molecule has 0 heterocycles. The monoisotopic (exact) mass is 183 g/mol. The quantitative estimate of drug-likeness (QED) is 0.601. The Morgan fingerprint density at radius 2 is 2.15 bits per heavy atom. The van der Waals surface area contributed by atoms with E-state index in [2.05, 4.69) is 0 Å². The zero-order valence-electron chi connectivity index (χ0n) is 7.40. The van der Waals surface area contributed by atoms with Gasteiger partial charge >= 0.3 is 0 Å². The molecule has 1 aromatic rings. The van der Waals surface area contributed by atoms with Crippen molar-refractivity contribution < 1.29 is 15.1 Å². The molecule has 4 heteroatoms. The number of aliphatic hydroxyl groups is 1. The molecule has 1 unspecified atom stereocenters. The average molecular weight is 183 g/mol. The van der Waals surface area contributed by atoms with Gasteiger partial charge in [0, 0.05) is 5.56 Å². The van der Waals surface area contributed by atoms with E-state index in [-0.39, 0.29) is 6.54 Å². The van der Waals surface area contributed by atoms with Crippen molar-refractivity contribution in [3.05, 3.63) is 29.8 Å². The molecule has 0 saturated carbocycles. The van der Waals surface area contributed by atoms with E-state index in [1.54, 1.807) is 18.2 Å². The van der Waals surface area contributed by atoms with Crippen LogP contribution in [0.25, 0.3) is 0 Å². The van der Waals surface area contributed by atoms with Crippen LogP contribution in [0.5, 0.6) is 5.75 Å². The molecule has 0 spiro atoms. The van der Waals surface area contributed by atoms with Crippen LogP contribution in [0.15, 0.2) is 24.3 Å². The van der Waals surface area contributed by atoms with Crippen molar-refractivity contribution >= 4 is 0 Å². The normalized spacial score (nSPS) is 12.5. The number of methoxy groups -OCH3 is 1. The standard InChI is InChI=1S/C9H13NO3/c1-13-9-5-3-2-4-7(9)8(11)6-10-12/h2-5,8,10-12H,6H2,1H3. The predicted octanol–water partition coefficient (Wildman–Crippen LogP) is 0.707. The Kier molecular flexibility index (Phi) is 3.70. The van der Waals surface area contributed by atoms with Crippen LogP contribution in [0.4, 0.5) is 0 Å². The van der Waals surface area contributed by atoms with E-state index in [9.17, 15) is 5.11 Å². The fraction of sp³-hybridized carbons (Fsp3) is 0.333. The lowest BCUT2D eigenvalue weighted by Gasteiger charge is -2.13. The first-order chi connectivity index (χ1) is 6.29. The van der Waals surface area contributed by atoms with E-state index < -0.39 is 6.10 Å². The Bertz CT molecular complexity index is 265. The smallest absolute Gasteiger partial charge is 0.124 e.